The van der Waals surface area contributed by atoms with Crippen molar-refractivity contribution in [3.05, 3.63) is 93.5 Å². The fraction of sp³-hybridized carbons (Fsp3) is 0.136. The SMILES string of the molecule is [C-]#[N+]c1c(F)ccc(O[C@H](COCc2ccccc2)C(=O)Nc2cc(Cl)cnc2Cl)c1F. The van der Waals surface area contributed by atoms with Gasteiger partial charge in [-0.15, -0.1) is 0 Å². The summed E-state index contributed by atoms with van der Waals surface area (Å²) in [5.41, 5.74) is 0.119. The van der Waals surface area contributed by atoms with Crippen molar-refractivity contribution in [2.24, 2.45) is 0 Å². The molecule has 1 heterocycles. The molecule has 0 aliphatic carbocycles. The minimum Gasteiger partial charge on any atom is -0.476 e. The Morgan fingerprint density at radius 3 is 2.66 bits per heavy atom. The maximum atomic E-state index is 14.5. The lowest BCUT2D eigenvalue weighted by Crippen LogP contribution is -2.37. The zero-order valence-electron chi connectivity index (χ0n) is 16.3. The highest BCUT2D eigenvalue weighted by Gasteiger charge is 2.25. The van der Waals surface area contributed by atoms with Crippen molar-refractivity contribution in [1.29, 1.82) is 0 Å². The lowest BCUT2D eigenvalue weighted by atomic mass is 10.2. The van der Waals surface area contributed by atoms with Gasteiger partial charge >= 0.3 is 0 Å². The molecule has 1 atom stereocenters. The second-order valence-corrected chi connectivity index (χ2v) is 7.20. The van der Waals surface area contributed by atoms with Crippen LogP contribution in [0.4, 0.5) is 20.2 Å². The van der Waals surface area contributed by atoms with E-state index in [1.165, 1.54) is 12.3 Å². The van der Waals surface area contributed by atoms with Gasteiger partial charge in [-0.1, -0.05) is 53.5 Å². The fourth-order valence-electron chi connectivity index (χ4n) is 2.61. The summed E-state index contributed by atoms with van der Waals surface area (Å²) in [4.78, 5) is 19.5. The van der Waals surface area contributed by atoms with E-state index in [-0.39, 0.29) is 29.1 Å². The minimum absolute atomic E-state index is 0.0186. The van der Waals surface area contributed by atoms with Crippen LogP contribution >= 0.6 is 23.2 Å². The first-order valence-electron chi connectivity index (χ1n) is 9.14. The highest BCUT2D eigenvalue weighted by Crippen LogP contribution is 2.31. The fourth-order valence-corrected chi connectivity index (χ4v) is 2.92. The van der Waals surface area contributed by atoms with Crippen LogP contribution < -0.4 is 10.1 Å². The molecular formula is C22H15Cl2F2N3O3. The summed E-state index contributed by atoms with van der Waals surface area (Å²) in [5, 5.41) is 2.71. The van der Waals surface area contributed by atoms with Crippen LogP contribution in [0.5, 0.6) is 5.75 Å². The number of hydrogen-bond acceptors (Lipinski definition) is 4. The van der Waals surface area contributed by atoms with E-state index in [9.17, 15) is 13.6 Å². The van der Waals surface area contributed by atoms with E-state index in [4.69, 9.17) is 39.2 Å². The van der Waals surface area contributed by atoms with Crippen molar-refractivity contribution in [3.63, 3.8) is 0 Å². The molecule has 0 aliphatic heterocycles. The molecule has 3 rings (SSSR count). The molecule has 1 amide bonds. The van der Waals surface area contributed by atoms with Gasteiger partial charge in [-0.25, -0.2) is 18.6 Å². The topological polar surface area (TPSA) is 64.8 Å². The van der Waals surface area contributed by atoms with Crippen LogP contribution in [0.25, 0.3) is 4.85 Å². The number of amides is 1. The van der Waals surface area contributed by atoms with Crippen molar-refractivity contribution in [1.82, 2.24) is 4.98 Å². The molecule has 0 saturated heterocycles. The number of rotatable bonds is 8. The first-order chi connectivity index (χ1) is 15.4. The van der Waals surface area contributed by atoms with Gasteiger partial charge in [-0.05, 0) is 23.8 Å². The molecule has 0 radical (unpaired) electrons. The zero-order valence-corrected chi connectivity index (χ0v) is 17.8. The van der Waals surface area contributed by atoms with Gasteiger partial charge in [-0.3, -0.25) is 4.79 Å². The molecule has 164 valence electrons. The van der Waals surface area contributed by atoms with E-state index in [1.807, 2.05) is 30.3 Å². The van der Waals surface area contributed by atoms with Gasteiger partial charge in [0.2, 0.25) is 6.10 Å². The van der Waals surface area contributed by atoms with Gasteiger partial charge in [0.15, 0.2) is 11.0 Å². The summed E-state index contributed by atoms with van der Waals surface area (Å²) in [6, 6.07) is 12.4. The van der Waals surface area contributed by atoms with Gasteiger partial charge in [0.1, 0.15) is 11.6 Å². The van der Waals surface area contributed by atoms with Crippen LogP contribution in [0.3, 0.4) is 0 Å². The number of hydrogen-bond donors (Lipinski definition) is 1. The van der Waals surface area contributed by atoms with Crippen molar-refractivity contribution in [3.8, 4) is 5.75 Å². The number of carbonyl (C=O) groups excluding carboxylic acids is 1. The van der Waals surface area contributed by atoms with Crippen LogP contribution in [0, 0.1) is 18.2 Å². The summed E-state index contributed by atoms with van der Waals surface area (Å²) in [6.45, 7) is 6.82. The lowest BCUT2D eigenvalue weighted by molar-refractivity contribution is -0.125. The molecule has 0 fully saturated rings. The van der Waals surface area contributed by atoms with Crippen LogP contribution in [0.15, 0.2) is 54.7 Å². The third-order valence-corrected chi connectivity index (χ3v) is 4.66. The monoisotopic (exact) mass is 477 g/mol. The quantitative estimate of drug-likeness (QED) is 0.327. The van der Waals surface area contributed by atoms with E-state index in [0.717, 1.165) is 17.7 Å². The Kier molecular flexibility index (Phi) is 7.95. The number of aromatic nitrogens is 1. The van der Waals surface area contributed by atoms with E-state index >= 15 is 0 Å². The van der Waals surface area contributed by atoms with Crippen LogP contribution in [0.2, 0.25) is 10.2 Å². The molecular weight excluding hydrogens is 463 g/mol. The molecule has 0 spiro atoms. The largest absolute Gasteiger partial charge is 0.476 e. The highest BCUT2D eigenvalue weighted by molar-refractivity contribution is 6.34. The molecule has 32 heavy (non-hydrogen) atoms. The Morgan fingerprint density at radius 1 is 1.19 bits per heavy atom. The third-order valence-electron chi connectivity index (χ3n) is 4.15. The number of pyridine rings is 1. The molecule has 6 nitrogen and oxygen atoms in total. The number of carbonyl (C=O) groups is 1. The number of nitrogens with zero attached hydrogens (tertiary/aromatic N) is 2. The summed E-state index contributed by atoms with van der Waals surface area (Å²) < 4.78 is 39.2. The average molecular weight is 478 g/mol. The predicted octanol–water partition coefficient (Wildman–Crippen LogP) is 5.82. The molecule has 0 saturated carbocycles. The van der Waals surface area contributed by atoms with Gasteiger partial charge in [-0.2, -0.15) is 0 Å². The number of benzene rings is 2. The Bertz CT molecular complexity index is 1160. The maximum Gasteiger partial charge on any atom is 0.267 e. The standard InChI is InChI=1S/C22H15Cl2F2N3O3/c1-27-20-15(25)7-8-17(19(20)26)32-18(12-31-11-13-5-3-2-4-6-13)22(30)29-16-9-14(23)10-28-21(16)24/h2-10,18H,11-12H2,(H,29,30)/t18-/m1/s1. The molecule has 1 aromatic heterocycles. The van der Waals surface area contributed by atoms with Crippen molar-refractivity contribution in [2.45, 2.75) is 12.7 Å². The van der Waals surface area contributed by atoms with Crippen LogP contribution in [-0.2, 0) is 16.1 Å². The normalized spacial score (nSPS) is 11.5. The van der Waals surface area contributed by atoms with Gasteiger partial charge in [0.25, 0.3) is 11.6 Å². The predicted molar refractivity (Wildman–Crippen MR) is 116 cm³/mol. The molecule has 0 unspecified atom stereocenters. The second-order valence-electron chi connectivity index (χ2n) is 6.41. The molecule has 2 aromatic carbocycles. The summed E-state index contributed by atoms with van der Waals surface area (Å²) in [5.74, 6) is -3.47. The van der Waals surface area contributed by atoms with E-state index in [0.29, 0.717) is 0 Å². The Balaban J connectivity index is 1.81. The van der Waals surface area contributed by atoms with Crippen molar-refractivity contribution in [2.75, 3.05) is 11.9 Å². The van der Waals surface area contributed by atoms with Gasteiger partial charge in [0, 0.05) is 6.20 Å². The Labute approximate surface area is 192 Å². The summed E-state index contributed by atoms with van der Waals surface area (Å²) in [7, 11) is 0. The summed E-state index contributed by atoms with van der Waals surface area (Å²) in [6.07, 6.45) is -0.0664. The van der Waals surface area contributed by atoms with Crippen LogP contribution in [-0.4, -0.2) is 23.6 Å². The number of nitrogens with one attached hydrogen (secondary N) is 1. The summed E-state index contributed by atoms with van der Waals surface area (Å²) >= 11 is 11.9. The molecule has 3 aromatic rings. The van der Waals surface area contributed by atoms with E-state index in [2.05, 4.69) is 15.1 Å². The smallest absolute Gasteiger partial charge is 0.267 e. The van der Waals surface area contributed by atoms with E-state index in [1.54, 1.807) is 0 Å². The van der Waals surface area contributed by atoms with E-state index < -0.39 is 35.1 Å². The van der Waals surface area contributed by atoms with Gasteiger partial charge in [0.05, 0.1) is 30.5 Å². The minimum atomic E-state index is -1.37. The first-order valence-corrected chi connectivity index (χ1v) is 9.90. The second kappa shape index (κ2) is 10.9. The Hall–Kier alpha value is -3.25. The molecule has 0 aliphatic rings. The highest BCUT2D eigenvalue weighted by atomic mass is 35.5. The first kappa shape index (κ1) is 23.4. The van der Waals surface area contributed by atoms with Crippen molar-refractivity contribution >= 4 is 40.5 Å². The van der Waals surface area contributed by atoms with Crippen molar-refractivity contribution < 1.29 is 23.0 Å². The number of anilines is 1. The van der Waals surface area contributed by atoms with Gasteiger partial charge < -0.3 is 14.8 Å². The lowest BCUT2D eigenvalue weighted by Gasteiger charge is -2.20. The zero-order chi connectivity index (χ0) is 23.1. The molecule has 10 heteroatoms. The Morgan fingerprint density at radius 2 is 1.94 bits per heavy atom. The molecule has 1 N–H and O–H groups in total. The third kappa shape index (κ3) is 5.92. The average Bonchev–Trinajstić information content (AvgIpc) is 2.78. The maximum absolute atomic E-state index is 14.5. The number of ether oxygens (including phenoxy) is 2. The molecule has 0 bridgehead atoms. The number of halogens is 4. The van der Waals surface area contributed by atoms with Crippen LogP contribution in [0.1, 0.15) is 5.56 Å².